The van der Waals surface area contributed by atoms with Crippen LogP contribution in [0, 0.1) is 0 Å². The Morgan fingerprint density at radius 1 is 1.20 bits per heavy atom. The highest BCUT2D eigenvalue weighted by molar-refractivity contribution is 7.17. The maximum atomic E-state index is 11.9. The highest BCUT2D eigenvalue weighted by Crippen LogP contribution is 2.41. The molecule has 1 aliphatic carbocycles. The van der Waals surface area contributed by atoms with Crippen molar-refractivity contribution < 1.29 is 19.7 Å². The summed E-state index contributed by atoms with van der Waals surface area (Å²) in [6.45, 7) is 0.806. The summed E-state index contributed by atoms with van der Waals surface area (Å²) in [5.41, 5.74) is 1.98. The number of hydrogen-bond donors (Lipinski definition) is 2. The molecule has 2 aliphatic rings. The van der Waals surface area contributed by atoms with Gasteiger partial charge in [-0.2, -0.15) is 0 Å². The van der Waals surface area contributed by atoms with Crippen molar-refractivity contribution in [3.8, 4) is 5.19 Å². The number of benzene rings is 1. The van der Waals surface area contributed by atoms with Gasteiger partial charge in [0.15, 0.2) is 0 Å². The maximum Gasteiger partial charge on any atom is 0.407 e. The zero-order chi connectivity index (χ0) is 21.1. The smallest absolute Gasteiger partial charge is 0.407 e. The minimum absolute atomic E-state index is 0.0821. The van der Waals surface area contributed by atoms with E-state index in [1.165, 1.54) is 10.5 Å². The third-order valence-electron chi connectivity index (χ3n) is 6.42. The second-order valence-electron chi connectivity index (χ2n) is 8.17. The Labute approximate surface area is 185 Å². The third kappa shape index (κ3) is 4.74. The molecule has 1 aromatic carbocycles. The van der Waals surface area contributed by atoms with E-state index in [4.69, 9.17) is 16.3 Å². The van der Waals surface area contributed by atoms with E-state index in [2.05, 4.69) is 29.2 Å². The molecule has 2 aromatic rings. The number of carbonyl (C=O) groups is 1. The lowest BCUT2D eigenvalue weighted by atomic mass is 9.82. The molecule has 1 saturated carbocycles. The number of amides is 1. The number of carboxylic acid groups (broad SMARTS) is 1. The van der Waals surface area contributed by atoms with E-state index in [9.17, 15) is 15.0 Å². The van der Waals surface area contributed by atoms with Crippen LogP contribution in [0.25, 0.3) is 0 Å². The van der Waals surface area contributed by atoms with Crippen LogP contribution in [0.2, 0.25) is 4.34 Å². The average Bonchev–Trinajstić information content (AvgIpc) is 3.10. The molecule has 2 N–H and O–H groups in total. The highest BCUT2D eigenvalue weighted by Gasteiger charge is 2.38. The topological polar surface area (TPSA) is 82.9 Å². The van der Waals surface area contributed by atoms with Crippen LogP contribution in [0.1, 0.15) is 61.6 Å². The van der Waals surface area contributed by atoms with Gasteiger partial charge in [0, 0.05) is 12.5 Å². The van der Waals surface area contributed by atoms with Gasteiger partial charge < -0.3 is 19.8 Å². The molecule has 2 unspecified atom stereocenters. The van der Waals surface area contributed by atoms with E-state index in [0.717, 1.165) is 49.9 Å². The molecular weight excluding hydrogens is 424 g/mol. The van der Waals surface area contributed by atoms with Crippen molar-refractivity contribution in [2.75, 3.05) is 13.2 Å². The molecule has 162 valence electrons. The van der Waals surface area contributed by atoms with Crippen LogP contribution < -0.4 is 0 Å². The van der Waals surface area contributed by atoms with Gasteiger partial charge in [0.05, 0.1) is 24.4 Å². The van der Waals surface area contributed by atoms with Crippen LogP contribution >= 0.6 is 22.9 Å². The van der Waals surface area contributed by atoms with Gasteiger partial charge in [-0.3, -0.25) is 0 Å². The van der Waals surface area contributed by atoms with Crippen LogP contribution in [-0.4, -0.2) is 51.5 Å². The Morgan fingerprint density at radius 3 is 2.57 bits per heavy atom. The minimum atomic E-state index is -0.948. The Hall–Kier alpha value is -1.83. The van der Waals surface area contributed by atoms with Gasteiger partial charge in [-0.15, -0.1) is 0 Å². The number of thiazole rings is 1. The van der Waals surface area contributed by atoms with Crippen LogP contribution in [0.5, 0.6) is 5.19 Å². The molecule has 30 heavy (non-hydrogen) atoms. The summed E-state index contributed by atoms with van der Waals surface area (Å²) in [6, 6.07) is 10.3. The normalized spacial score (nSPS) is 27.2. The Morgan fingerprint density at radius 2 is 1.93 bits per heavy atom. The molecule has 1 amide bonds. The minimum Gasteiger partial charge on any atom is -0.486 e. The molecule has 2 heterocycles. The standard InChI is InChI=1S/C22H27ClN2O4S/c23-20-19(24-21(26)30-20)17-7-4-12-25(22(27)28)18(17)13-29-16-10-8-15(9-11-16)14-5-2-1-3-6-14/h1-3,5-6,15-18H,4,7-13H2,(H,24,26)(H,27,28). The molecule has 8 heteroatoms. The number of piperidine rings is 1. The summed E-state index contributed by atoms with van der Waals surface area (Å²) < 4.78 is 6.68. The van der Waals surface area contributed by atoms with E-state index >= 15 is 0 Å². The van der Waals surface area contributed by atoms with Gasteiger partial charge in [-0.05, 0) is 50.0 Å². The van der Waals surface area contributed by atoms with Crippen molar-refractivity contribution >= 4 is 29.0 Å². The fourth-order valence-corrected chi connectivity index (χ4v) is 5.87. The van der Waals surface area contributed by atoms with E-state index in [1.807, 2.05) is 6.07 Å². The van der Waals surface area contributed by atoms with Gasteiger partial charge in [-0.1, -0.05) is 53.3 Å². The lowest BCUT2D eigenvalue weighted by Gasteiger charge is -2.40. The largest absolute Gasteiger partial charge is 0.486 e. The van der Waals surface area contributed by atoms with Gasteiger partial charge in [0.25, 0.3) is 5.19 Å². The predicted molar refractivity (Wildman–Crippen MR) is 117 cm³/mol. The van der Waals surface area contributed by atoms with Gasteiger partial charge in [0.2, 0.25) is 0 Å². The maximum absolute atomic E-state index is 11.9. The van der Waals surface area contributed by atoms with Crippen molar-refractivity contribution in [1.29, 1.82) is 0 Å². The summed E-state index contributed by atoms with van der Waals surface area (Å²) >= 11 is 7.31. The van der Waals surface area contributed by atoms with Crippen molar-refractivity contribution in [3.05, 3.63) is 45.9 Å². The highest BCUT2D eigenvalue weighted by atomic mass is 35.5. The number of aromatic nitrogens is 1. The summed E-state index contributed by atoms with van der Waals surface area (Å²) in [5.74, 6) is 0.404. The van der Waals surface area contributed by atoms with E-state index in [-0.39, 0.29) is 23.3 Å². The lowest BCUT2D eigenvalue weighted by Crippen LogP contribution is -2.50. The van der Waals surface area contributed by atoms with Crippen molar-refractivity contribution in [2.24, 2.45) is 0 Å². The molecule has 2 fully saturated rings. The van der Waals surface area contributed by atoms with Crippen LogP contribution in [0.15, 0.2) is 30.3 Å². The third-order valence-corrected chi connectivity index (χ3v) is 7.51. The molecule has 1 aliphatic heterocycles. The Bertz CT molecular complexity index is 854. The number of ether oxygens (including phenoxy) is 1. The molecule has 1 saturated heterocycles. The summed E-state index contributed by atoms with van der Waals surface area (Å²) in [7, 11) is 0. The first-order valence-electron chi connectivity index (χ1n) is 10.5. The second kappa shape index (κ2) is 9.54. The molecule has 0 radical (unpaired) electrons. The van der Waals surface area contributed by atoms with Crippen molar-refractivity contribution in [3.63, 3.8) is 0 Å². The number of likely N-dealkylation sites (tertiary alicyclic amines) is 1. The lowest BCUT2D eigenvalue weighted by molar-refractivity contribution is -0.0223. The fourth-order valence-electron chi connectivity index (χ4n) is 4.87. The van der Waals surface area contributed by atoms with Crippen LogP contribution in [0.4, 0.5) is 4.79 Å². The zero-order valence-electron chi connectivity index (χ0n) is 16.7. The summed E-state index contributed by atoms with van der Waals surface area (Å²) in [4.78, 5) is 17.5. The first kappa shape index (κ1) is 21.4. The number of rotatable bonds is 5. The average molecular weight is 451 g/mol. The molecular formula is C22H27ClN2O4S. The van der Waals surface area contributed by atoms with Gasteiger partial charge >= 0.3 is 6.09 Å². The molecule has 2 atom stereocenters. The predicted octanol–water partition coefficient (Wildman–Crippen LogP) is 5.47. The Kier molecular flexibility index (Phi) is 6.80. The van der Waals surface area contributed by atoms with E-state index < -0.39 is 6.09 Å². The Balaban J connectivity index is 1.40. The van der Waals surface area contributed by atoms with Crippen LogP contribution in [0.3, 0.4) is 0 Å². The molecule has 4 rings (SSSR count). The fraction of sp³-hybridized carbons (Fsp3) is 0.545. The van der Waals surface area contributed by atoms with E-state index in [0.29, 0.717) is 29.1 Å². The number of hydrogen-bond acceptors (Lipinski definition) is 5. The van der Waals surface area contributed by atoms with Crippen molar-refractivity contribution in [1.82, 2.24) is 9.88 Å². The number of halogens is 1. The first-order chi connectivity index (χ1) is 14.5. The molecule has 0 spiro atoms. The SMILES string of the molecule is O=C(O)N1CCCC(c2nc(O)sc2Cl)C1COC1CCC(c2ccccc2)CC1. The second-order valence-corrected chi connectivity index (χ2v) is 9.74. The summed E-state index contributed by atoms with van der Waals surface area (Å²) in [5, 5.41) is 19.4. The number of aromatic hydroxyl groups is 1. The van der Waals surface area contributed by atoms with E-state index in [1.54, 1.807) is 0 Å². The molecule has 1 aromatic heterocycles. The van der Waals surface area contributed by atoms with Gasteiger partial charge in [0.1, 0.15) is 4.34 Å². The molecule has 0 bridgehead atoms. The zero-order valence-corrected chi connectivity index (χ0v) is 18.3. The number of nitrogens with zero attached hydrogens (tertiary/aromatic N) is 2. The van der Waals surface area contributed by atoms with Crippen LogP contribution in [-0.2, 0) is 4.74 Å². The quantitative estimate of drug-likeness (QED) is 0.630. The first-order valence-corrected chi connectivity index (χ1v) is 11.7. The van der Waals surface area contributed by atoms with Crippen molar-refractivity contribution in [2.45, 2.75) is 62.5 Å². The monoisotopic (exact) mass is 450 g/mol. The molecule has 6 nitrogen and oxygen atoms in total. The van der Waals surface area contributed by atoms with Gasteiger partial charge in [-0.25, -0.2) is 9.78 Å². The summed E-state index contributed by atoms with van der Waals surface area (Å²) in [6.07, 6.45) is 4.82.